The number of benzene rings is 2. The van der Waals surface area contributed by atoms with Crippen LogP contribution in [0.2, 0.25) is 0 Å². The lowest BCUT2D eigenvalue weighted by molar-refractivity contribution is -0.133. The molecule has 0 saturated carbocycles. The third-order valence-corrected chi connectivity index (χ3v) is 7.61. The number of nitrogens with zero attached hydrogens (tertiary/aromatic N) is 2. The molecule has 1 amide bonds. The first-order valence-electron chi connectivity index (χ1n) is 10.0. The maximum absolute atomic E-state index is 13.3. The summed E-state index contributed by atoms with van der Waals surface area (Å²) < 4.78 is 28.3. The van der Waals surface area contributed by atoms with Crippen LogP contribution in [0.4, 0.5) is 0 Å². The first-order chi connectivity index (χ1) is 13.9. The fourth-order valence-corrected chi connectivity index (χ4v) is 5.38. The predicted molar refractivity (Wildman–Crippen MR) is 114 cm³/mol. The SMILES string of the molecule is Cc1ccc(S(=O)(=O)c2cn(CC(=O)N3CCC(C)CC3)c3ccccc23)cc1. The van der Waals surface area contributed by atoms with Crippen molar-refractivity contribution in [2.75, 3.05) is 13.1 Å². The van der Waals surface area contributed by atoms with E-state index in [1.165, 1.54) is 0 Å². The van der Waals surface area contributed by atoms with Crippen LogP contribution in [0.25, 0.3) is 10.9 Å². The van der Waals surface area contributed by atoms with Gasteiger partial charge in [-0.25, -0.2) is 8.42 Å². The molecule has 1 aromatic heterocycles. The Morgan fingerprint density at radius 2 is 1.69 bits per heavy atom. The number of para-hydroxylation sites is 1. The zero-order valence-corrected chi connectivity index (χ0v) is 17.7. The standard InChI is InChI=1S/C23H26N2O3S/c1-17-7-9-19(10-8-17)29(27,28)22-15-25(21-6-4-3-5-20(21)22)16-23(26)24-13-11-18(2)12-14-24/h3-10,15,18H,11-14,16H2,1-2H3. The molecule has 1 aliphatic heterocycles. The fourth-order valence-electron chi connectivity index (χ4n) is 3.91. The van der Waals surface area contributed by atoms with Crippen LogP contribution in [0, 0.1) is 12.8 Å². The molecule has 2 aromatic carbocycles. The Labute approximate surface area is 171 Å². The van der Waals surface area contributed by atoms with Crippen molar-refractivity contribution >= 4 is 26.6 Å². The molecule has 0 unspecified atom stereocenters. The van der Waals surface area contributed by atoms with Crippen LogP contribution in [-0.4, -0.2) is 36.9 Å². The van der Waals surface area contributed by atoms with E-state index in [1.807, 2.05) is 30.0 Å². The van der Waals surface area contributed by atoms with Crippen molar-refractivity contribution in [2.24, 2.45) is 5.92 Å². The monoisotopic (exact) mass is 410 g/mol. The Balaban J connectivity index is 1.70. The zero-order valence-electron chi connectivity index (χ0n) is 16.8. The molecule has 2 heterocycles. The van der Waals surface area contributed by atoms with E-state index in [0.29, 0.717) is 11.3 Å². The molecule has 0 aliphatic carbocycles. The van der Waals surface area contributed by atoms with Gasteiger partial charge in [0.1, 0.15) is 6.54 Å². The van der Waals surface area contributed by atoms with Crippen molar-refractivity contribution in [2.45, 2.75) is 43.0 Å². The van der Waals surface area contributed by atoms with Crippen molar-refractivity contribution in [3.05, 3.63) is 60.3 Å². The molecule has 0 N–H and O–H groups in total. The summed E-state index contributed by atoms with van der Waals surface area (Å²) >= 11 is 0. The van der Waals surface area contributed by atoms with Crippen molar-refractivity contribution < 1.29 is 13.2 Å². The molecular weight excluding hydrogens is 384 g/mol. The summed E-state index contributed by atoms with van der Waals surface area (Å²) in [5.74, 6) is 0.689. The van der Waals surface area contributed by atoms with Gasteiger partial charge in [0.05, 0.1) is 9.79 Å². The minimum Gasteiger partial charge on any atom is -0.341 e. The molecule has 4 rings (SSSR count). The third kappa shape index (κ3) is 3.81. The molecule has 0 atom stereocenters. The summed E-state index contributed by atoms with van der Waals surface area (Å²) in [5, 5.41) is 0.646. The number of aryl methyl sites for hydroxylation is 1. The lowest BCUT2D eigenvalue weighted by Gasteiger charge is -2.30. The highest BCUT2D eigenvalue weighted by Crippen LogP contribution is 2.30. The lowest BCUT2D eigenvalue weighted by Crippen LogP contribution is -2.39. The van der Waals surface area contributed by atoms with Gasteiger partial charge in [-0.05, 0) is 43.9 Å². The van der Waals surface area contributed by atoms with Gasteiger partial charge in [0.25, 0.3) is 0 Å². The molecule has 29 heavy (non-hydrogen) atoms. The van der Waals surface area contributed by atoms with Gasteiger partial charge >= 0.3 is 0 Å². The number of fused-ring (bicyclic) bond motifs is 1. The molecule has 0 spiro atoms. The molecule has 152 valence electrons. The first-order valence-corrected chi connectivity index (χ1v) is 11.5. The van der Waals surface area contributed by atoms with Crippen LogP contribution < -0.4 is 0 Å². The van der Waals surface area contributed by atoms with Crippen LogP contribution in [-0.2, 0) is 21.2 Å². The number of piperidine rings is 1. The van der Waals surface area contributed by atoms with Crippen molar-refractivity contribution in [1.29, 1.82) is 0 Å². The highest BCUT2D eigenvalue weighted by Gasteiger charge is 2.25. The number of sulfone groups is 1. The van der Waals surface area contributed by atoms with E-state index >= 15 is 0 Å². The van der Waals surface area contributed by atoms with E-state index in [0.717, 1.165) is 37.0 Å². The Morgan fingerprint density at radius 1 is 1.03 bits per heavy atom. The molecule has 1 aliphatic rings. The Hall–Kier alpha value is -2.60. The summed E-state index contributed by atoms with van der Waals surface area (Å²) in [6, 6.07) is 14.2. The van der Waals surface area contributed by atoms with E-state index in [-0.39, 0.29) is 22.2 Å². The predicted octanol–water partition coefficient (Wildman–Crippen LogP) is 4.04. The van der Waals surface area contributed by atoms with Crippen LogP contribution >= 0.6 is 0 Å². The van der Waals surface area contributed by atoms with Gasteiger partial charge in [0, 0.05) is 30.2 Å². The number of aromatic nitrogens is 1. The van der Waals surface area contributed by atoms with Gasteiger partial charge in [-0.2, -0.15) is 0 Å². The maximum Gasteiger partial charge on any atom is 0.242 e. The van der Waals surface area contributed by atoms with E-state index in [1.54, 1.807) is 41.1 Å². The largest absolute Gasteiger partial charge is 0.341 e. The van der Waals surface area contributed by atoms with E-state index in [2.05, 4.69) is 6.92 Å². The van der Waals surface area contributed by atoms with Crippen LogP contribution in [0.5, 0.6) is 0 Å². The number of hydrogen-bond donors (Lipinski definition) is 0. The number of rotatable bonds is 4. The Morgan fingerprint density at radius 3 is 2.38 bits per heavy atom. The average molecular weight is 411 g/mol. The Kier molecular flexibility index (Phi) is 5.21. The first kappa shape index (κ1) is 19.7. The molecule has 3 aromatic rings. The summed E-state index contributed by atoms with van der Waals surface area (Å²) in [4.78, 5) is 15.2. The number of likely N-dealkylation sites (tertiary alicyclic amines) is 1. The number of carbonyl (C=O) groups is 1. The van der Waals surface area contributed by atoms with Crippen molar-refractivity contribution in [1.82, 2.24) is 9.47 Å². The minimum absolute atomic E-state index is 0.0388. The minimum atomic E-state index is -3.68. The Bertz CT molecular complexity index is 1140. The normalized spacial score (nSPS) is 15.7. The fraction of sp³-hybridized carbons (Fsp3) is 0.348. The van der Waals surface area contributed by atoms with Gasteiger partial charge < -0.3 is 9.47 Å². The van der Waals surface area contributed by atoms with Gasteiger partial charge in [0.2, 0.25) is 15.7 Å². The van der Waals surface area contributed by atoms with Gasteiger partial charge in [0.15, 0.2) is 0 Å². The summed E-state index contributed by atoms with van der Waals surface area (Å²) in [7, 11) is -3.68. The zero-order chi connectivity index (χ0) is 20.6. The lowest BCUT2D eigenvalue weighted by atomic mass is 9.99. The van der Waals surface area contributed by atoms with Crippen molar-refractivity contribution in [3.8, 4) is 0 Å². The molecule has 6 heteroatoms. The highest BCUT2D eigenvalue weighted by atomic mass is 32.2. The van der Waals surface area contributed by atoms with Crippen LogP contribution in [0.1, 0.15) is 25.3 Å². The quantitative estimate of drug-likeness (QED) is 0.652. The molecule has 0 bridgehead atoms. The van der Waals surface area contributed by atoms with Crippen molar-refractivity contribution in [3.63, 3.8) is 0 Å². The van der Waals surface area contributed by atoms with Gasteiger partial charge in [-0.1, -0.05) is 42.8 Å². The van der Waals surface area contributed by atoms with E-state index in [4.69, 9.17) is 0 Å². The average Bonchev–Trinajstić information content (AvgIpc) is 3.08. The van der Waals surface area contributed by atoms with Crippen LogP contribution in [0.15, 0.2) is 64.5 Å². The molecule has 1 saturated heterocycles. The molecule has 0 radical (unpaired) electrons. The highest BCUT2D eigenvalue weighted by molar-refractivity contribution is 7.91. The smallest absolute Gasteiger partial charge is 0.242 e. The second-order valence-electron chi connectivity index (χ2n) is 8.02. The molecular formula is C23H26N2O3S. The van der Waals surface area contributed by atoms with Crippen LogP contribution in [0.3, 0.4) is 0 Å². The van der Waals surface area contributed by atoms with E-state index < -0.39 is 9.84 Å². The summed E-state index contributed by atoms with van der Waals surface area (Å²) in [6.07, 6.45) is 3.65. The number of hydrogen-bond acceptors (Lipinski definition) is 3. The summed E-state index contributed by atoms with van der Waals surface area (Å²) in [6.45, 7) is 5.83. The van der Waals surface area contributed by atoms with Gasteiger partial charge in [-0.15, -0.1) is 0 Å². The number of carbonyl (C=O) groups excluding carboxylic acids is 1. The maximum atomic E-state index is 13.3. The van der Waals surface area contributed by atoms with E-state index in [9.17, 15) is 13.2 Å². The third-order valence-electron chi connectivity index (χ3n) is 5.81. The molecule has 5 nitrogen and oxygen atoms in total. The van der Waals surface area contributed by atoms with Gasteiger partial charge in [-0.3, -0.25) is 4.79 Å². The second kappa shape index (κ2) is 7.67. The number of amides is 1. The second-order valence-corrected chi connectivity index (χ2v) is 9.94. The summed E-state index contributed by atoms with van der Waals surface area (Å²) in [5.41, 5.74) is 1.77. The molecule has 1 fully saturated rings. The topological polar surface area (TPSA) is 59.4 Å².